The molecule has 4 rings (SSSR count). The van der Waals surface area contributed by atoms with Crippen LogP contribution in [0.2, 0.25) is 0 Å². The minimum absolute atomic E-state index is 0.236. The van der Waals surface area contributed by atoms with Crippen molar-refractivity contribution >= 4 is 27.5 Å². The number of nitrogens with one attached hydrogen (secondary N) is 1. The number of pyridine rings is 2. The highest BCUT2D eigenvalue weighted by Crippen LogP contribution is 2.34. The van der Waals surface area contributed by atoms with Gasteiger partial charge in [-0.1, -0.05) is 0 Å². The van der Waals surface area contributed by atoms with Gasteiger partial charge in [-0.15, -0.1) is 0 Å². The average molecular weight is 281 g/mol. The second-order valence-corrected chi connectivity index (χ2v) is 5.96. The first-order valence-corrected chi connectivity index (χ1v) is 7.46. The summed E-state index contributed by atoms with van der Waals surface area (Å²) < 4.78 is 0. The number of aromatic amines is 1. The van der Waals surface area contributed by atoms with Gasteiger partial charge in [-0.2, -0.15) is 0 Å². The van der Waals surface area contributed by atoms with Crippen LogP contribution in [0.1, 0.15) is 19.8 Å². The van der Waals surface area contributed by atoms with Crippen LogP contribution in [0, 0.1) is 0 Å². The van der Waals surface area contributed by atoms with Crippen LogP contribution in [0.5, 0.6) is 0 Å². The molecule has 0 aliphatic carbocycles. The topological polar surface area (TPSA) is 70.8 Å². The zero-order valence-corrected chi connectivity index (χ0v) is 12.1. The number of nitrogens with two attached hydrogens (primary N) is 1. The number of H-pyrrole nitrogens is 1. The normalized spacial score (nSPS) is 23.0. The molecule has 2 atom stereocenters. The summed E-state index contributed by atoms with van der Waals surface area (Å²) in [6.45, 7) is 3.15. The summed E-state index contributed by atoms with van der Waals surface area (Å²) in [6, 6.07) is 2.81. The molecule has 0 spiro atoms. The smallest absolute Gasteiger partial charge is 0.137 e. The summed E-state index contributed by atoms with van der Waals surface area (Å²) in [6.07, 6.45) is 9.89. The lowest BCUT2D eigenvalue weighted by Gasteiger charge is -2.38. The standard InChI is InChI=1S/C16H19N5/c1-10-2-3-12(17)9-21(10)14-8-18-6-11-7-20-16-13(15(11)14)4-5-19-16/h4-8,10,12H,2-3,9,17H2,1H3,(H,19,20). The van der Waals surface area contributed by atoms with Crippen molar-refractivity contribution in [1.29, 1.82) is 0 Å². The van der Waals surface area contributed by atoms with Crippen molar-refractivity contribution in [3.05, 3.63) is 30.9 Å². The molecule has 2 unspecified atom stereocenters. The third-order valence-electron chi connectivity index (χ3n) is 4.51. The molecule has 1 saturated heterocycles. The Morgan fingerprint density at radius 3 is 3.10 bits per heavy atom. The van der Waals surface area contributed by atoms with Gasteiger partial charge in [-0.05, 0) is 25.8 Å². The van der Waals surface area contributed by atoms with E-state index in [0.717, 1.165) is 35.8 Å². The molecule has 0 amide bonds. The fourth-order valence-corrected chi connectivity index (χ4v) is 3.35. The monoisotopic (exact) mass is 281 g/mol. The van der Waals surface area contributed by atoms with E-state index in [9.17, 15) is 0 Å². The zero-order valence-electron chi connectivity index (χ0n) is 12.1. The van der Waals surface area contributed by atoms with Crippen molar-refractivity contribution in [2.24, 2.45) is 5.73 Å². The van der Waals surface area contributed by atoms with Gasteiger partial charge in [-0.25, -0.2) is 4.98 Å². The zero-order chi connectivity index (χ0) is 14.4. The molecule has 1 fully saturated rings. The van der Waals surface area contributed by atoms with E-state index < -0.39 is 0 Å². The molecular formula is C16H19N5. The van der Waals surface area contributed by atoms with Crippen molar-refractivity contribution in [3.63, 3.8) is 0 Å². The largest absolute Gasteiger partial charge is 0.366 e. The van der Waals surface area contributed by atoms with E-state index in [0.29, 0.717) is 6.04 Å². The van der Waals surface area contributed by atoms with Gasteiger partial charge in [0, 0.05) is 53.4 Å². The van der Waals surface area contributed by atoms with Crippen LogP contribution < -0.4 is 10.6 Å². The number of nitrogens with zero attached hydrogens (tertiary/aromatic N) is 3. The van der Waals surface area contributed by atoms with E-state index in [4.69, 9.17) is 5.73 Å². The van der Waals surface area contributed by atoms with Gasteiger partial charge in [0.25, 0.3) is 0 Å². The number of hydrogen-bond donors (Lipinski definition) is 2. The molecule has 1 aliphatic rings. The lowest BCUT2D eigenvalue weighted by Crippen LogP contribution is -2.47. The van der Waals surface area contributed by atoms with Crippen LogP contribution in [0.4, 0.5) is 5.69 Å². The summed E-state index contributed by atoms with van der Waals surface area (Å²) >= 11 is 0. The minimum Gasteiger partial charge on any atom is -0.366 e. The van der Waals surface area contributed by atoms with Crippen molar-refractivity contribution in [2.45, 2.75) is 31.8 Å². The lowest BCUT2D eigenvalue weighted by atomic mass is 9.98. The maximum absolute atomic E-state index is 6.18. The van der Waals surface area contributed by atoms with Crippen molar-refractivity contribution < 1.29 is 0 Å². The van der Waals surface area contributed by atoms with E-state index in [-0.39, 0.29) is 6.04 Å². The van der Waals surface area contributed by atoms with Crippen molar-refractivity contribution in [1.82, 2.24) is 15.0 Å². The second-order valence-electron chi connectivity index (χ2n) is 5.96. The molecule has 0 saturated carbocycles. The minimum atomic E-state index is 0.236. The number of anilines is 1. The molecule has 0 radical (unpaired) electrons. The molecule has 108 valence electrons. The Labute approximate surface area is 123 Å². The van der Waals surface area contributed by atoms with Gasteiger partial charge < -0.3 is 15.6 Å². The molecule has 0 bridgehead atoms. The summed E-state index contributed by atoms with van der Waals surface area (Å²) in [5, 5.41) is 3.44. The predicted molar refractivity (Wildman–Crippen MR) is 85.4 cm³/mol. The van der Waals surface area contributed by atoms with Gasteiger partial charge >= 0.3 is 0 Å². The first-order valence-electron chi connectivity index (χ1n) is 7.46. The fraction of sp³-hybridized carbons (Fsp3) is 0.375. The molecule has 0 aromatic carbocycles. The van der Waals surface area contributed by atoms with E-state index in [1.807, 2.05) is 24.8 Å². The summed E-state index contributed by atoms with van der Waals surface area (Å²) in [5.74, 6) is 0. The Morgan fingerprint density at radius 1 is 1.29 bits per heavy atom. The Bertz CT molecular complexity index is 794. The highest BCUT2D eigenvalue weighted by molar-refractivity contribution is 6.11. The highest BCUT2D eigenvalue weighted by atomic mass is 15.2. The second kappa shape index (κ2) is 4.70. The number of aromatic nitrogens is 3. The molecule has 4 heterocycles. The van der Waals surface area contributed by atoms with Gasteiger partial charge in [0.2, 0.25) is 0 Å². The summed E-state index contributed by atoms with van der Waals surface area (Å²) in [7, 11) is 0. The third kappa shape index (κ3) is 1.96. The van der Waals surface area contributed by atoms with Crippen LogP contribution in [-0.2, 0) is 0 Å². The van der Waals surface area contributed by atoms with Crippen LogP contribution in [0.3, 0.4) is 0 Å². The van der Waals surface area contributed by atoms with E-state index >= 15 is 0 Å². The molecule has 3 aromatic heterocycles. The predicted octanol–water partition coefficient (Wildman–Crippen LogP) is 2.43. The quantitative estimate of drug-likeness (QED) is 0.718. The Balaban J connectivity index is 1.97. The number of fused-ring (bicyclic) bond motifs is 3. The Morgan fingerprint density at radius 2 is 2.19 bits per heavy atom. The third-order valence-corrected chi connectivity index (χ3v) is 4.51. The van der Waals surface area contributed by atoms with E-state index in [1.165, 1.54) is 11.1 Å². The molecule has 3 aromatic rings. The maximum Gasteiger partial charge on any atom is 0.137 e. The summed E-state index contributed by atoms with van der Waals surface area (Å²) in [4.78, 5) is 14.4. The molecule has 21 heavy (non-hydrogen) atoms. The van der Waals surface area contributed by atoms with Crippen LogP contribution in [-0.4, -0.2) is 33.6 Å². The van der Waals surface area contributed by atoms with Crippen LogP contribution in [0.25, 0.3) is 21.8 Å². The number of piperidine rings is 1. The SMILES string of the molecule is CC1CCC(N)CN1c1cncc2cnc3[nH]ccc3c12. The average Bonchev–Trinajstić information content (AvgIpc) is 2.98. The van der Waals surface area contributed by atoms with Gasteiger partial charge in [0.1, 0.15) is 5.65 Å². The Hall–Kier alpha value is -2.14. The van der Waals surface area contributed by atoms with E-state index in [2.05, 4.69) is 32.8 Å². The van der Waals surface area contributed by atoms with Crippen molar-refractivity contribution in [3.8, 4) is 0 Å². The molecule has 3 N–H and O–H groups in total. The molecule has 5 nitrogen and oxygen atoms in total. The highest BCUT2D eigenvalue weighted by Gasteiger charge is 2.25. The lowest BCUT2D eigenvalue weighted by molar-refractivity contribution is 0.437. The van der Waals surface area contributed by atoms with Gasteiger partial charge in [0.05, 0.1) is 11.9 Å². The Kier molecular flexibility index (Phi) is 2.82. The number of hydrogen-bond acceptors (Lipinski definition) is 4. The molecule has 1 aliphatic heterocycles. The first-order chi connectivity index (χ1) is 10.2. The van der Waals surface area contributed by atoms with Gasteiger partial charge in [0.15, 0.2) is 0 Å². The van der Waals surface area contributed by atoms with Crippen LogP contribution >= 0.6 is 0 Å². The molecule has 5 heteroatoms. The van der Waals surface area contributed by atoms with Crippen LogP contribution in [0.15, 0.2) is 30.9 Å². The molecular weight excluding hydrogens is 262 g/mol. The van der Waals surface area contributed by atoms with E-state index in [1.54, 1.807) is 0 Å². The first kappa shape index (κ1) is 12.6. The maximum atomic E-state index is 6.18. The summed E-state index contributed by atoms with van der Waals surface area (Å²) in [5.41, 5.74) is 8.27. The van der Waals surface area contributed by atoms with Crippen molar-refractivity contribution in [2.75, 3.05) is 11.4 Å². The van der Waals surface area contributed by atoms with Gasteiger partial charge in [-0.3, -0.25) is 4.98 Å². The number of rotatable bonds is 1. The fourth-order valence-electron chi connectivity index (χ4n) is 3.35.